The average molecular weight is 431 g/mol. The molecule has 0 radical (unpaired) electrons. The lowest BCUT2D eigenvalue weighted by atomic mass is 10.1. The summed E-state index contributed by atoms with van der Waals surface area (Å²) in [5.74, 6) is 0.0446. The molecule has 7 nitrogen and oxygen atoms in total. The van der Waals surface area contributed by atoms with Crippen LogP contribution < -0.4 is 20.9 Å². The Labute approximate surface area is 186 Å². The minimum atomic E-state index is -0.490. The van der Waals surface area contributed by atoms with Crippen molar-refractivity contribution in [1.82, 2.24) is 9.88 Å². The summed E-state index contributed by atoms with van der Waals surface area (Å²) < 4.78 is 6.76. The predicted molar refractivity (Wildman–Crippen MR) is 123 cm³/mol. The maximum absolute atomic E-state index is 13.2. The summed E-state index contributed by atoms with van der Waals surface area (Å²) in [6.07, 6.45) is 4.03. The Balaban J connectivity index is 1.53. The first-order valence-electron chi connectivity index (χ1n) is 10.5. The van der Waals surface area contributed by atoms with Crippen molar-refractivity contribution >= 4 is 17.5 Å². The third-order valence-electron chi connectivity index (χ3n) is 5.39. The predicted octanol–water partition coefficient (Wildman–Crippen LogP) is 3.23. The lowest BCUT2D eigenvalue weighted by molar-refractivity contribution is -0.120. The van der Waals surface area contributed by atoms with Crippen molar-refractivity contribution in [2.75, 3.05) is 12.4 Å². The topological polar surface area (TPSA) is 89.4 Å². The van der Waals surface area contributed by atoms with Crippen molar-refractivity contribution < 1.29 is 14.3 Å². The molecule has 32 heavy (non-hydrogen) atoms. The number of carbonyl (C=O) groups excluding carboxylic acids is 2. The second-order valence-corrected chi connectivity index (χ2v) is 7.89. The Morgan fingerprint density at radius 1 is 1.06 bits per heavy atom. The molecule has 1 aliphatic rings. The summed E-state index contributed by atoms with van der Waals surface area (Å²) in [5, 5.41) is 5.74. The van der Waals surface area contributed by atoms with E-state index in [4.69, 9.17) is 4.74 Å². The van der Waals surface area contributed by atoms with E-state index in [0.29, 0.717) is 35.2 Å². The fourth-order valence-electron chi connectivity index (χ4n) is 3.51. The zero-order chi connectivity index (χ0) is 22.7. The second-order valence-electron chi connectivity index (χ2n) is 7.89. The summed E-state index contributed by atoms with van der Waals surface area (Å²) in [7, 11) is 1.53. The van der Waals surface area contributed by atoms with Gasteiger partial charge in [0.1, 0.15) is 11.3 Å². The van der Waals surface area contributed by atoms with Crippen LogP contribution in [0.15, 0.2) is 65.6 Å². The van der Waals surface area contributed by atoms with Crippen LogP contribution in [0.5, 0.6) is 5.75 Å². The summed E-state index contributed by atoms with van der Waals surface area (Å²) >= 11 is 0. The maximum atomic E-state index is 13.2. The summed E-state index contributed by atoms with van der Waals surface area (Å²) in [6.45, 7) is 1.73. The van der Waals surface area contributed by atoms with Gasteiger partial charge >= 0.3 is 0 Å². The van der Waals surface area contributed by atoms with Crippen LogP contribution in [0.4, 0.5) is 5.69 Å². The number of benzene rings is 2. The normalized spacial score (nSPS) is 12.8. The van der Waals surface area contributed by atoms with Gasteiger partial charge in [0.05, 0.1) is 19.2 Å². The lowest BCUT2D eigenvalue weighted by Gasteiger charge is -2.14. The van der Waals surface area contributed by atoms with Gasteiger partial charge in [-0.05, 0) is 61.2 Å². The van der Waals surface area contributed by atoms with E-state index in [0.717, 1.165) is 18.4 Å². The van der Waals surface area contributed by atoms with Crippen LogP contribution in [-0.2, 0) is 11.2 Å². The number of ether oxygens (including phenoxy) is 1. The molecule has 3 aromatic rings. The third-order valence-corrected chi connectivity index (χ3v) is 5.39. The molecule has 1 fully saturated rings. The number of hydrogen-bond donors (Lipinski definition) is 2. The largest absolute Gasteiger partial charge is 0.495 e. The number of rotatable bonds is 7. The van der Waals surface area contributed by atoms with E-state index in [-0.39, 0.29) is 11.5 Å². The standard InChI is InChI=1S/C25H25N3O4/c1-16-13-14-28(20-5-3-4-6-21(20)32-2)25(31)23(16)24(30)27-19-9-7-17(8-10-19)15-22(29)26-18-11-12-18/h3-10,13-14,18H,11-12,15H2,1-2H3,(H,26,29)(H,27,30). The summed E-state index contributed by atoms with van der Waals surface area (Å²) in [4.78, 5) is 38.1. The zero-order valence-corrected chi connectivity index (χ0v) is 18.1. The molecule has 2 N–H and O–H groups in total. The number of aromatic nitrogens is 1. The molecule has 0 unspecified atom stereocenters. The van der Waals surface area contributed by atoms with E-state index >= 15 is 0 Å². The second kappa shape index (κ2) is 9.09. The molecule has 1 heterocycles. The fraction of sp³-hybridized carbons (Fsp3) is 0.240. The van der Waals surface area contributed by atoms with Crippen LogP contribution in [-0.4, -0.2) is 29.5 Å². The van der Waals surface area contributed by atoms with E-state index in [1.54, 1.807) is 61.7 Å². The van der Waals surface area contributed by atoms with Gasteiger partial charge in [0.15, 0.2) is 0 Å². The number of pyridine rings is 1. The SMILES string of the molecule is COc1ccccc1-n1ccc(C)c(C(=O)Nc2ccc(CC(=O)NC3CC3)cc2)c1=O. The molecular weight excluding hydrogens is 406 g/mol. The van der Waals surface area contributed by atoms with Crippen LogP contribution in [0.25, 0.3) is 5.69 Å². The Morgan fingerprint density at radius 2 is 1.78 bits per heavy atom. The van der Waals surface area contributed by atoms with Crippen molar-refractivity contribution in [3.8, 4) is 11.4 Å². The van der Waals surface area contributed by atoms with Crippen LogP contribution in [0.1, 0.15) is 34.3 Å². The van der Waals surface area contributed by atoms with Gasteiger partial charge in [-0.3, -0.25) is 19.0 Å². The smallest absolute Gasteiger partial charge is 0.268 e. The Kier molecular flexibility index (Phi) is 6.07. The van der Waals surface area contributed by atoms with Crippen LogP contribution in [0.3, 0.4) is 0 Å². The molecule has 4 rings (SSSR count). The molecule has 0 saturated heterocycles. The van der Waals surface area contributed by atoms with Crippen molar-refractivity contribution in [3.05, 3.63) is 87.8 Å². The minimum absolute atomic E-state index is 0.00101. The van der Waals surface area contributed by atoms with Gasteiger partial charge in [0, 0.05) is 17.9 Å². The molecule has 7 heteroatoms. The fourth-order valence-corrected chi connectivity index (χ4v) is 3.51. The highest BCUT2D eigenvalue weighted by atomic mass is 16.5. The molecule has 0 atom stereocenters. The van der Waals surface area contributed by atoms with Gasteiger partial charge in [-0.1, -0.05) is 24.3 Å². The molecule has 0 bridgehead atoms. The maximum Gasteiger partial charge on any atom is 0.268 e. The molecule has 164 valence electrons. The molecule has 1 aliphatic carbocycles. The number of aryl methyl sites for hydroxylation is 1. The minimum Gasteiger partial charge on any atom is -0.495 e. The number of anilines is 1. The van der Waals surface area contributed by atoms with Gasteiger partial charge < -0.3 is 15.4 Å². The van der Waals surface area contributed by atoms with E-state index < -0.39 is 11.5 Å². The summed E-state index contributed by atoms with van der Waals surface area (Å²) in [6, 6.07) is 16.2. The Hall–Kier alpha value is -3.87. The zero-order valence-electron chi connectivity index (χ0n) is 18.1. The van der Waals surface area contributed by atoms with E-state index in [9.17, 15) is 14.4 Å². The van der Waals surface area contributed by atoms with Crippen LogP contribution in [0.2, 0.25) is 0 Å². The summed E-state index contributed by atoms with van der Waals surface area (Å²) in [5.41, 5.74) is 2.17. The Morgan fingerprint density at radius 3 is 2.47 bits per heavy atom. The first kappa shape index (κ1) is 21.4. The number of para-hydroxylation sites is 2. The van der Waals surface area contributed by atoms with Gasteiger partial charge in [0.25, 0.3) is 11.5 Å². The van der Waals surface area contributed by atoms with Gasteiger partial charge in [-0.2, -0.15) is 0 Å². The van der Waals surface area contributed by atoms with Gasteiger partial charge in [-0.15, -0.1) is 0 Å². The number of methoxy groups -OCH3 is 1. The van der Waals surface area contributed by atoms with Crippen molar-refractivity contribution in [3.63, 3.8) is 0 Å². The first-order valence-corrected chi connectivity index (χ1v) is 10.5. The first-order chi connectivity index (χ1) is 15.5. The number of nitrogens with one attached hydrogen (secondary N) is 2. The van der Waals surface area contributed by atoms with Gasteiger partial charge in [0.2, 0.25) is 5.91 Å². The molecule has 1 saturated carbocycles. The third kappa shape index (κ3) is 4.72. The van der Waals surface area contributed by atoms with Crippen LogP contribution >= 0.6 is 0 Å². The average Bonchev–Trinajstić information content (AvgIpc) is 3.59. The molecule has 0 aliphatic heterocycles. The molecule has 0 spiro atoms. The Bertz CT molecular complexity index is 1210. The van der Waals surface area contributed by atoms with E-state index in [1.807, 2.05) is 6.07 Å². The molecular formula is C25H25N3O4. The molecule has 2 amide bonds. The van der Waals surface area contributed by atoms with Crippen molar-refractivity contribution in [1.29, 1.82) is 0 Å². The monoisotopic (exact) mass is 431 g/mol. The highest BCUT2D eigenvalue weighted by molar-refractivity contribution is 6.05. The number of hydrogen-bond acceptors (Lipinski definition) is 4. The highest BCUT2D eigenvalue weighted by Crippen LogP contribution is 2.22. The highest BCUT2D eigenvalue weighted by Gasteiger charge is 2.23. The van der Waals surface area contributed by atoms with E-state index in [1.165, 1.54) is 11.7 Å². The van der Waals surface area contributed by atoms with Crippen molar-refractivity contribution in [2.24, 2.45) is 0 Å². The molecule has 2 aromatic carbocycles. The number of nitrogens with zero attached hydrogens (tertiary/aromatic N) is 1. The van der Waals surface area contributed by atoms with Crippen LogP contribution in [0, 0.1) is 6.92 Å². The van der Waals surface area contributed by atoms with E-state index in [2.05, 4.69) is 10.6 Å². The van der Waals surface area contributed by atoms with Crippen molar-refractivity contribution in [2.45, 2.75) is 32.2 Å². The number of carbonyl (C=O) groups is 2. The lowest BCUT2D eigenvalue weighted by Crippen LogP contribution is -2.29. The number of amides is 2. The molecule has 1 aromatic heterocycles. The van der Waals surface area contributed by atoms with Gasteiger partial charge in [-0.25, -0.2) is 0 Å². The quantitative estimate of drug-likeness (QED) is 0.601.